The van der Waals surface area contributed by atoms with E-state index in [1.165, 1.54) is 12.6 Å². The zero-order valence-electron chi connectivity index (χ0n) is 14.8. The summed E-state index contributed by atoms with van der Waals surface area (Å²) in [5, 5.41) is 8.00. The number of hydrogen-bond donors (Lipinski definition) is 3. The van der Waals surface area contributed by atoms with Crippen molar-refractivity contribution in [3.05, 3.63) is 35.4 Å². The van der Waals surface area contributed by atoms with Crippen LogP contribution in [0.3, 0.4) is 0 Å². The molecule has 5 nitrogen and oxygen atoms in total. The van der Waals surface area contributed by atoms with Crippen molar-refractivity contribution in [1.82, 2.24) is 16.0 Å². The Morgan fingerprint density at radius 1 is 1.09 bits per heavy atom. The Labute approximate surface area is 139 Å². The van der Waals surface area contributed by atoms with Gasteiger partial charge in [-0.05, 0) is 30.4 Å². The third kappa shape index (κ3) is 6.02. The van der Waals surface area contributed by atoms with E-state index >= 15 is 0 Å². The summed E-state index contributed by atoms with van der Waals surface area (Å²) in [5.41, 5.74) is 2.48. The maximum Gasteiger partial charge on any atom is 0.321 e. The highest BCUT2D eigenvalue weighted by Gasteiger charge is 2.22. The van der Waals surface area contributed by atoms with E-state index in [9.17, 15) is 9.59 Å². The minimum Gasteiger partial charge on any atom is -0.341 e. The smallest absolute Gasteiger partial charge is 0.321 e. The van der Waals surface area contributed by atoms with Gasteiger partial charge in [0.2, 0.25) is 5.91 Å². The van der Waals surface area contributed by atoms with E-state index in [-0.39, 0.29) is 11.9 Å². The van der Waals surface area contributed by atoms with Crippen molar-refractivity contribution in [1.29, 1.82) is 0 Å². The first-order valence-corrected chi connectivity index (χ1v) is 8.26. The van der Waals surface area contributed by atoms with Gasteiger partial charge in [-0.15, -0.1) is 0 Å². The number of carbonyl (C=O) groups excluding carboxylic acids is 2. The van der Waals surface area contributed by atoms with Crippen molar-refractivity contribution in [2.75, 3.05) is 7.05 Å². The molecule has 0 spiro atoms. The molecule has 0 aliphatic heterocycles. The number of hydrogen-bond acceptors (Lipinski definition) is 3. The molecule has 0 heterocycles. The third-order valence-electron chi connectivity index (χ3n) is 3.83. The molecule has 1 aromatic carbocycles. The van der Waals surface area contributed by atoms with Gasteiger partial charge in [0, 0.05) is 13.1 Å². The fourth-order valence-electron chi connectivity index (χ4n) is 2.48. The maximum absolute atomic E-state index is 12.0. The Morgan fingerprint density at radius 3 is 2.17 bits per heavy atom. The van der Waals surface area contributed by atoms with Crippen LogP contribution in [0.4, 0.5) is 4.79 Å². The normalized spacial score (nSPS) is 13.5. The van der Waals surface area contributed by atoms with Gasteiger partial charge in [-0.2, -0.15) is 0 Å². The second-order valence-corrected chi connectivity index (χ2v) is 6.17. The quantitative estimate of drug-likeness (QED) is 0.724. The Kier molecular flexibility index (Phi) is 7.75. The van der Waals surface area contributed by atoms with Crippen molar-refractivity contribution in [3.63, 3.8) is 0 Å². The van der Waals surface area contributed by atoms with Crippen molar-refractivity contribution in [2.24, 2.45) is 5.92 Å². The molecular weight excluding hydrogens is 290 g/mol. The minimum absolute atomic E-state index is 0.0520. The molecule has 5 heteroatoms. The van der Waals surface area contributed by atoms with Crippen LogP contribution in [0.25, 0.3) is 0 Å². The first kappa shape index (κ1) is 19.2. The summed E-state index contributed by atoms with van der Waals surface area (Å²) in [6.07, 6.45) is 2.20. The van der Waals surface area contributed by atoms with Crippen molar-refractivity contribution in [3.8, 4) is 0 Å². The molecule has 128 valence electrons. The first-order valence-electron chi connectivity index (χ1n) is 8.26. The second-order valence-electron chi connectivity index (χ2n) is 6.17. The average molecular weight is 319 g/mol. The van der Waals surface area contributed by atoms with E-state index in [0.717, 1.165) is 18.4 Å². The number of urea groups is 1. The summed E-state index contributed by atoms with van der Waals surface area (Å²) in [7, 11) is 1.48. The maximum atomic E-state index is 12.0. The van der Waals surface area contributed by atoms with E-state index in [4.69, 9.17) is 0 Å². The highest BCUT2D eigenvalue weighted by molar-refractivity contribution is 5.96. The lowest BCUT2D eigenvalue weighted by Crippen LogP contribution is -2.48. The van der Waals surface area contributed by atoms with Crippen molar-refractivity contribution in [2.45, 2.75) is 52.6 Å². The average Bonchev–Trinajstić information content (AvgIpc) is 2.53. The molecule has 0 saturated carbocycles. The Morgan fingerprint density at radius 2 is 1.70 bits per heavy atom. The minimum atomic E-state index is -0.492. The number of nitrogens with one attached hydrogen (secondary N) is 3. The molecule has 1 rings (SSSR count). The molecule has 0 aliphatic rings. The molecule has 2 atom stereocenters. The fraction of sp³-hybridized carbons (Fsp3) is 0.556. The van der Waals surface area contributed by atoms with Gasteiger partial charge < -0.3 is 5.32 Å². The molecule has 0 unspecified atom stereocenters. The molecule has 0 radical (unpaired) electrons. The molecule has 0 aliphatic carbocycles. The zero-order chi connectivity index (χ0) is 17.4. The van der Waals surface area contributed by atoms with Crippen LogP contribution in [-0.4, -0.2) is 25.0 Å². The van der Waals surface area contributed by atoms with Crippen LogP contribution >= 0.6 is 0 Å². The largest absolute Gasteiger partial charge is 0.341 e. The van der Waals surface area contributed by atoms with Crippen LogP contribution in [0.5, 0.6) is 0 Å². The van der Waals surface area contributed by atoms with E-state index < -0.39 is 12.1 Å². The second kappa shape index (κ2) is 9.30. The summed E-state index contributed by atoms with van der Waals surface area (Å²) in [6, 6.07) is 7.62. The Hall–Kier alpha value is -1.88. The Balaban J connectivity index is 2.78. The van der Waals surface area contributed by atoms with Gasteiger partial charge in [-0.3, -0.25) is 15.4 Å². The van der Waals surface area contributed by atoms with Crippen LogP contribution < -0.4 is 16.0 Å². The summed E-state index contributed by atoms with van der Waals surface area (Å²) in [4.78, 5) is 23.3. The number of imide groups is 1. The molecule has 0 aromatic heterocycles. The van der Waals surface area contributed by atoms with E-state index in [1.54, 1.807) is 6.92 Å². The molecular formula is C18H29N3O2. The van der Waals surface area contributed by atoms with Crippen LogP contribution in [0.1, 0.15) is 51.3 Å². The molecule has 0 saturated heterocycles. The van der Waals surface area contributed by atoms with E-state index in [1.807, 2.05) is 0 Å². The lowest BCUT2D eigenvalue weighted by Gasteiger charge is -2.26. The fourth-order valence-corrected chi connectivity index (χ4v) is 2.48. The number of rotatable bonds is 7. The van der Waals surface area contributed by atoms with E-state index in [2.05, 4.69) is 61.0 Å². The monoisotopic (exact) mass is 319 g/mol. The molecule has 0 bridgehead atoms. The lowest BCUT2D eigenvalue weighted by atomic mass is 9.94. The molecule has 23 heavy (non-hydrogen) atoms. The highest BCUT2D eigenvalue weighted by Crippen LogP contribution is 2.23. The standard InChI is InChI=1S/C18H29N3O2/c1-6-7-14-8-10-15(11-9-14)16(12(2)3)20-13(4)17(22)21-18(23)19-5/h8-13,16,20H,6-7H2,1-5H3,(H2,19,21,22,23)/t13-,16-/m0/s1. The predicted octanol–water partition coefficient (Wildman–Crippen LogP) is 2.77. The van der Waals surface area contributed by atoms with Crippen LogP contribution in [0.15, 0.2) is 24.3 Å². The first-order chi connectivity index (χ1) is 10.9. The van der Waals surface area contributed by atoms with Crippen molar-refractivity contribution < 1.29 is 9.59 Å². The zero-order valence-corrected chi connectivity index (χ0v) is 14.8. The Bertz CT molecular complexity index is 512. The van der Waals surface area contributed by atoms with Gasteiger partial charge in [-0.1, -0.05) is 51.5 Å². The topological polar surface area (TPSA) is 70.2 Å². The van der Waals surface area contributed by atoms with Gasteiger partial charge in [0.15, 0.2) is 0 Å². The number of aryl methyl sites for hydroxylation is 1. The van der Waals surface area contributed by atoms with Crippen LogP contribution in [0.2, 0.25) is 0 Å². The van der Waals surface area contributed by atoms with Gasteiger partial charge in [0.1, 0.15) is 0 Å². The number of benzene rings is 1. The van der Waals surface area contributed by atoms with Crippen LogP contribution in [0, 0.1) is 5.92 Å². The molecule has 3 N–H and O–H groups in total. The number of carbonyl (C=O) groups is 2. The molecule has 1 aromatic rings. The van der Waals surface area contributed by atoms with Gasteiger partial charge in [-0.25, -0.2) is 4.79 Å². The van der Waals surface area contributed by atoms with Crippen LogP contribution in [-0.2, 0) is 11.2 Å². The summed E-state index contributed by atoms with van der Waals surface area (Å²) < 4.78 is 0. The lowest BCUT2D eigenvalue weighted by molar-refractivity contribution is -0.121. The molecule has 3 amide bonds. The summed E-state index contributed by atoms with van der Waals surface area (Å²) in [6.45, 7) is 8.15. The SMILES string of the molecule is CCCc1ccc([C@@H](N[C@@H](C)C(=O)NC(=O)NC)C(C)C)cc1. The van der Waals surface area contributed by atoms with Gasteiger partial charge in [0.05, 0.1) is 6.04 Å². The summed E-state index contributed by atoms with van der Waals surface area (Å²) in [5.74, 6) is -0.0140. The van der Waals surface area contributed by atoms with Gasteiger partial charge in [0.25, 0.3) is 0 Å². The summed E-state index contributed by atoms with van der Waals surface area (Å²) >= 11 is 0. The van der Waals surface area contributed by atoms with Crippen molar-refractivity contribution >= 4 is 11.9 Å². The van der Waals surface area contributed by atoms with Gasteiger partial charge >= 0.3 is 6.03 Å². The number of amides is 3. The highest BCUT2D eigenvalue weighted by atomic mass is 16.2. The van der Waals surface area contributed by atoms with E-state index in [0.29, 0.717) is 5.92 Å². The predicted molar refractivity (Wildman–Crippen MR) is 93.2 cm³/mol. The molecule has 0 fully saturated rings. The third-order valence-corrected chi connectivity index (χ3v) is 3.83.